The molecule has 0 saturated heterocycles. The molecule has 0 amide bonds. The van der Waals surface area contributed by atoms with Crippen LogP contribution in [0, 0.1) is 0 Å². The average Bonchev–Trinajstić information content (AvgIpc) is 2.23. The van der Waals surface area contributed by atoms with Crippen molar-refractivity contribution >= 4 is 5.69 Å². The molecule has 2 nitrogen and oxygen atoms in total. The van der Waals surface area contributed by atoms with Crippen molar-refractivity contribution in [1.82, 2.24) is 0 Å². The Labute approximate surface area is 78.8 Å². The van der Waals surface area contributed by atoms with Crippen LogP contribution in [0.5, 0.6) is 5.75 Å². The van der Waals surface area contributed by atoms with Gasteiger partial charge in [0.25, 0.3) is 0 Å². The van der Waals surface area contributed by atoms with E-state index >= 15 is 0 Å². The summed E-state index contributed by atoms with van der Waals surface area (Å²) in [6, 6.07) is 5.61. The second-order valence-corrected chi connectivity index (χ2v) is 4.44. The van der Waals surface area contributed by atoms with Crippen molar-refractivity contribution in [3.05, 3.63) is 23.8 Å². The number of hydrogen-bond acceptors (Lipinski definition) is 2. The highest BCUT2D eigenvalue weighted by molar-refractivity contribution is 5.63. The summed E-state index contributed by atoms with van der Waals surface area (Å²) in [6.07, 6.45) is 0. The minimum atomic E-state index is 0.156. The number of fused-ring (bicyclic) bond motifs is 1. The summed E-state index contributed by atoms with van der Waals surface area (Å²) in [5.41, 5.74) is 2.64. The molecule has 0 unspecified atom stereocenters. The van der Waals surface area contributed by atoms with E-state index in [1.807, 2.05) is 12.1 Å². The van der Waals surface area contributed by atoms with E-state index in [1.165, 1.54) is 11.3 Å². The number of anilines is 1. The largest absolute Gasteiger partial charge is 0.508 e. The smallest absolute Gasteiger partial charge is 0.116 e. The highest BCUT2D eigenvalue weighted by Gasteiger charge is 2.33. The molecule has 1 aromatic rings. The fourth-order valence-corrected chi connectivity index (χ4v) is 2.16. The number of likely N-dealkylation sites (N-methyl/N-ethyl adjacent to an activating group) is 1. The first-order valence-corrected chi connectivity index (χ1v) is 4.55. The van der Waals surface area contributed by atoms with Crippen molar-refractivity contribution < 1.29 is 5.11 Å². The van der Waals surface area contributed by atoms with Crippen LogP contribution in [0.15, 0.2) is 18.2 Å². The third kappa shape index (κ3) is 1.17. The molecule has 1 heterocycles. The van der Waals surface area contributed by atoms with Gasteiger partial charge in [-0.25, -0.2) is 0 Å². The minimum absolute atomic E-state index is 0.156. The molecule has 1 N–H and O–H groups in total. The van der Waals surface area contributed by atoms with Crippen LogP contribution in [0.1, 0.15) is 19.4 Å². The molecule has 0 bridgehead atoms. The maximum atomic E-state index is 9.40. The standard InChI is InChI=1S/C11H15NO/c1-11(2)7-12(3)10-5-4-8(13)6-9(10)11/h4-6,13H,7H2,1-3H3. The lowest BCUT2D eigenvalue weighted by Crippen LogP contribution is -2.24. The zero-order valence-corrected chi connectivity index (χ0v) is 8.33. The number of rotatable bonds is 0. The maximum absolute atomic E-state index is 9.40. The lowest BCUT2D eigenvalue weighted by atomic mass is 9.87. The molecule has 0 radical (unpaired) electrons. The normalized spacial score (nSPS) is 18.8. The zero-order valence-electron chi connectivity index (χ0n) is 8.33. The molecule has 0 atom stereocenters. The van der Waals surface area contributed by atoms with Crippen molar-refractivity contribution in [2.45, 2.75) is 19.3 Å². The van der Waals surface area contributed by atoms with Gasteiger partial charge in [-0.1, -0.05) is 13.8 Å². The molecule has 70 valence electrons. The Morgan fingerprint density at radius 1 is 1.38 bits per heavy atom. The van der Waals surface area contributed by atoms with Gasteiger partial charge >= 0.3 is 0 Å². The number of phenolic OH excluding ortho intramolecular Hbond substituents is 1. The third-order valence-electron chi connectivity index (χ3n) is 2.75. The third-order valence-corrected chi connectivity index (χ3v) is 2.75. The summed E-state index contributed by atoms with van der Waals surface area (Å²) in [5, 5.41) is 9.40. The topological polar surface area (TPSA) is 23.5 Å². The molecule has 0 spiro atoms. The van der Waals surface area contributed by atoms with Gasteiger partial charge in [0, 0.05) is 24.7 Å². The summed E-state index contributed by atoms with van der Waals surface area (Å²) < 4.78 is 0. The van der Waals surface area contributed by atoms with Gasteiger partial charge in [-0.05, 0) is 23.8 Å². The van der Waals surface area contributed by atoms with Crippen molar-refractivity contribution in [3.63, 3.8) is 0 Å². The Bertz CT molecular complexity index is 344. The number of phenols is 1. The van der Waals surface area contributed by atoms with Gasteiger partial charge in [0.05, 0.1) is 0 Å². The average molecular weight is 177 g/mol. The predicted molar refractivity (Wildman–Crippen MR) is 54.4 cm³/mol. The van der Waals surface area contributed by atoms with Gasteiger partial charge < -0.3 is 10.0 Å². The second-order valence-electron chi connectivity index (χ2n) is 4.44. The molecule has 0 aromatic heterocycles. The lowest BCUT2D eigenvalue weighted by molar-refractivity contribution is 0.472. The van der Waals surface area contributed by atoms with Crippen LogP contribution in [-0.4, -0.2) is 18.7 Å². The highest BCUT2D eigenvalue weighted by Crippen LogP contribution is 2.40. The van der Waals surface area contributed by atoms with Crippen LogP contribution in [0.4, 0.5) is 5.69 Å². The van der Waals surface area contributed by atoms with Gasteiger partial charge in [-0.3, -0.25) is 0 Å². The SMILES string of the molecule is CN1CC(C)(C)c2cc(O)ccc21. The van der Waals surface area contributed by atoms with Crippen LogP contribution in [0.25, 0.3) is 0 Å². The highest BCUT2D eigenvalue weighted by atomic mass is 16.3. The van der Waals surface area contributed by atoms with Crippen LogP contribution < -0.4 is 4.90 Å². The van der Waals surface area contributed by atoms with Gasteiger partial charge in [0.15, 0.2) is 0 Å². The Kier molecular flexibility index (Phi) is 1.56. The quantitative estimate of drug-likeness (QED) is 0.656. The summed E-state index contributed by atoms with van der Waals surface area (Å²) in [5.74, 6) is 0.363. The summed E-state index contributed by atoms with van der Waals surface area (Å²) in [4.78, 5) is 2.23. The zero-order chi connectivity index (χ0) is 9.64. The summed E-state index contributed by atoms with van der Waals surface area (Å²) in [7, 11) is 2.09. The summed E-state index contributed by atoms with van der Waals surface area (Å²) >= 11 is 0. The van der Waals surface area contributed by atoms with E-state index in [0.29, 0.717) is 5.75 Å². The lowest BCUT2D eigenvalue weighted by Gasteiger charge is -2.18. The van der Waals surface area contributed by atoms with Gasteiger partial charge in [-0.2, -0.15) is 0 Å². The van der Waals surface area contributed by atoms with Crippen LogP contribution in [-0.2, 0) is 5.41 Å². The number of hydrogen-bond donors (Lipinski definition) is 1. The monoisotopic (exact) mass is 177 g/mol. The molecular weight excluding hydrogens is 162 g/mol. The Hall–Kier alpha value is -1.18. The first kappa shape index (κ1) is 8.42. The molecule has 2 rings (SSSR count). The molecular formula is C11H15NO. The fourth-order valence-electron chi connectivity index (χ4n) is 2.16. The number of nitrogens with zero attached hydrogens (tertiary/aromatic N) is 1. The molecule has 1 aliphatic heterocycles. The van der Waals surface area contributed by atoms with Gasteiger partial charge in [-0.15, -0.1) is 0 Å². The van der Waals surface area contributed by atoms with E-state index in [0.717, 1.165) is 6.54 Å². The van der Waals surface area contributed by atoms with E-state index in [1.54, 1.807) is 6.07 Å². The van der Waals surface area contributed by atoms with Gasteiger partial charge in [0.2, 0.25) is 0 Å². The Morgan fingerprint density at radius 2 is 2.08 bits per heavy atom. The van der Waals surface area contributed by atoms with Crippen LogP contribution in [0.3, 0.4) is 0 Å². The minimum Gasteiger partial charge on any atom is -0.508 e. The molecule has 0 saturated carbocycles. The summed E-state index contributed by atoms with van der Waals surface area (Å²) in [6.45, 7) is 5.43. The number of benzene rings is 1. The van der Waals surface area contributed by atoms with E-state index in [-0.39, 0.29) is 5.41 Å². The number of aromatic hydroxyl groups is 1. The fraction of sp³-hybridized carbons (Fsp3) is 0.455. The molecule has 13 heavy (non-hydrogen) atoms. The molecule has 0 fully saturated rings. The van der Waals surface area contributed by atoms with E-state index in [2.05, 4.69) is 25.8 Å². The van der Waals surface area contributed by atoms with Crippen molar-refractivity contribution in [2.24, 2.45) is 0 Å². The van der Waals surface area contributed by atoms with Crippen molar-refractivity contribution in [2.75, 3.05) is 18.5 Å². The van der Waals surface area contributed by atoms with Crippen molar-refractivity contribution in [3.8, 4) is 5.75 Å². The van der Waals surface area contributed by atoms with E-state index < -0.39 is 0 Å². The first-order chi connectivity index (χ1) is 6.00. The molecule has 1 aromatic carbocycles. The van der Waals surface area contributed by atoms with Crippen LogP contribution in [0.2, 0.25) is 0 Å². The molecule has 0 aliphatic carbocycles. The Morgan fingerprint density at radius 3 is 2.77 bits per heavy atom. The Balaban J connectivity index is 2.60. The first-order valence-electron chi connectivity index (χ1n) is 4.55. The maximum Gasteiger partial charge on any atom is 0.116 e. The second kappa shape index (κ2) is 2.41. The van der Waals surface area contributed by atoms with Gasteiger partial charge in [0.1, 0.15) is 5.75 Å². The molecule has 1 aliphatic rings. The predicted octanol–water partition coefficient (Wildman–Crippen LogP) is 2.12. The van der Waals surface area contributed by atoms with E-state index in [4.69, 9.17) is 0 Å². The van der Waals surface area contributed by atoms with E-state index in [9.17, 15) is 5.11 Å². The van der Waals surface area contributed by atoms with Crippen molar-refractivity contribution in [1.29, 1.82) is 0 Å². The molecule has 2 heteroatoms. The van der Waals surface area contributed by atoms with Crippen LogP contribution >= 0.6 is 0 Å².